The Balaban J connectivity index is 2.42. The van der Waals surface area contributed by atoms with Crippen LogP contribution < -0.4 is 0 Å². The summed E-state index contributed by atoms with van der Waals surface area (Å²) in [5, 5.41) is 9.17. The number of alkyl halides is 1. The van der Waals surface area contributed by atoms with Gasteiger partial charge in [0.2, 0.25) is 5.91 Å². The van der Waals surface area contributed by atoms with Crippen LogP contribution in [0.3, 0.4) is 0 Å². The number of para-hydroxylation sites is 1. The Kier molecular flexibility index (Phi) is 4.81. The molecule has 6 heteroatoms. The Hall–Kier alpha value is -2.06. The van der Waals surface area contributed by atoms with Gasteiger partial charge in [-0.15, -0.1) is 11.6 Å². The monoisotopic (exact) mass is 304 g/mol. The smallest absolute Gasteiger partial charge is 0.223 e. The van der Waals surface area contributed by atoms with E-state index in [2.05, 4.69) is 11.1 Å². The van der Waals surface area contributed by atoms with E-state index in [0.29, 0.717) is 36.3 Å². The van der Waals surface area contributed by atoms with Crippen molar-refractivity contribution in [2.24, 2.45) is 0 Å². The third kappa shape index (κ3) is 3.17. The van der Waals surface area contributed by atoms with Crippen LogP contribution in [0.2, 0.25) is 0 Å². The normalized spacial score (nSPS) is 10.6. The quantitative estimate of drug-likeness (QED) is 0.795. The highest BCUT2D eigenvalue weighted by molar-refractivity contribution is 6.17. The molecule has 1 heterocycles. The van der Waals surface area contributed by atoms with Crippen molar-refractivity contribution in [2.75, 3.05) is 20.0 Å². The molecule has 2 rings (SSSR count). The second kappa shape index (κ2) is 6.59. The summed E-state index contributed by atoms with van der Waals surface area (Å²) >= 11 is 5.83. The van der Waals surface area contributed by atoms with E-state index < -0.39 is 0 Å². The molecule has 1 aromatic carbocycles. The van der Waals surface area contributed by atoms with Gasteiger partial charge in [0.1, 0.15) is 17.4 Å². The summed E-state index contributed by atoms with van der Waals surface area (Å²) < 4.78 is 1.99. The molecule has 0 atom stereocenters. The number of hydrogen-bond acceptors (Lipinski definition) is 3. The van der Waals surface area contributed by atoms with Crippen LogP contribution in [-0.4, -0.2) is 40.3 Å². The largest absolute Gasteiger partial charge is 0.349 e. The summed E-state index contributed by atoms with van der Waals surface area (Å²) in [7, 11) is 3.48. The number of carbonyl (C=O) groups excluding carboxylic acids is 1. The van der Waals surface area contributed by atoms with Crippen LogP contribution in [0.25, 0.3) is 11.0 Å². The van der Waals surface area contributed by atoms with Crippen molar-refractivity contribution in [1.82, 2.24) is 14.5 Å². The fraction of sp³-hybridized carbons (Fsp3) is 0.400. The van der Waals surface area contributed by atoms with Crippen LogP contribution in [-0.2, 0) is 17.8 Å². The predicted octanol–water partition coefficient (Wildman–Crippen LogP) is 2.17. The number of aromatic nitrogens is 2. The molecule has 1 amide bonds. The highest BCUT2D eigenvalue weighted by atomic mass is 35.5. The average molecular weight is 305 g/mol. The van der Waals surface area contributed by atoms with Gasteiger partial charge < -0.3 is 9.47 Å². The van der Waals surface area contributed by atoms with Crippen molar-refractivity contribution in [3.63, 3.8) is 0 Å². The fourth-order valence-corrected chi connectivity index (χ4v) is 2.41. The zero-order chi connectivity index (χ0) is 15.4. The van der Waals surface area contributed by atoms with Crippen LogP contribution in [0.5, 0.6) is 0 Å². The molecule has 0 bridgehead atoms. The van der Waals surface area contributed by atoms with Gasteiger partial charge in [0.05, 0.1) is 11.1 Å². The SMILES string of the molecule is CN(C)C(=O)CCn1c(CCCl)nc2c(C#N)cccc21. The Morgan fingerprint density at radius 1 is 1.48 bits per heavy atom. The van der Waals surface area contributed by atoms with Crippen LogP contribution in [0.15, 0.2) is 18.2 Å². The number of nitrogens with zero attached hydrogens (tertiary/aromatic N) is 4. The van der Waals surface area contributed by atoms with Gasteiger partial charge in [0, 0.05) is 39.4 Å². The summed E-state index contributed by atoms with van der Waals surface area (Å²) in [4.78, 5) is 17.9. The average Bonchev–Trinajstić information content (AvgIpc) is 2.82. The van der Waals surface area contributed by atoms with Gasteiger partial charge in [0.25, 0.3) is 0 Å². The highest BCUT2D eigenvalue weighted by Gasteiger charge is 2.14. The Morgan fingerprint density at radius 3 is 2.86 bits per heavy atom. The Bertz CT molecular complexity index is 699. The third-order valence-electron chi connectivity index (χ3n) is 3.34. The van der Waals surface area contributed by atoms with Crippen molar-refractivity contribution in [3.8, 4) is 6.07 Å². The molecule has 1 aromatic heterocycles. The van der Waals surface area contributed by atoms with E-state index in [4.69, 9.17) is 11.6 Å². The van der Waals surface area contributed by atoms with Gasteiger partial charge in [-0.3, -0.25) is 4.79 Å². The number of hydrogen-bond donors (Lipinski definition) is 0. The molecule has 0 unspecified atom stereocenters. The lowest BCUT2D eigenvalue weighted by atomic mass is 10.2. The number of amides is 1. The van der Waals surface area contributed by atoms with E-state index in [1.165, 1.54) is 0 Å². The number of carbonyl (C=O) groups is 1. The zero-order valence-electron chi connectivity index (χ0n) is 12.1. The van der Waals surface area contributed by atoms with E-state index in [0.717, 1.165) is 11.3 Å². The minimum atomic E-state index is 0.0603. The molecule has 0 aliphatic rings. The van der Waals surface area contributed by atoms with Crippen molar-refractivity contribution in [1.29, 1.82) is 5.26 Å². The lowest BCUT2D eigenvalue weighted by Gasteiger charge is -2.12. The van der Waals surface area contributed by atoms with Gasteiger partial charge in [0.15, 0.2) is 0 Å². The van der Waals surface area contributed by atoms with Crippen LogP contribution >= 0.6 is 11.6 Å². The molecule has 0 saturated heterocycles. The van der Waals surface area contributed by atoms with Crippen LogP contribution in [0, 0.1) is 11.3 Å². The second-order valence-electron chi connectivity index (χ2n) is 4.94. The van der Waals surface area contributed by atoms with Gasteiger partial charge in [-0.25, -0.2) is 4.98 Å². The molecule has 0 fully saturated rings. The van der Waals surface area contributed by atoms with Crippen LogP contribution in [0.1, 0.15) is 17.8 Å². The summed E-state index contributed by atoms with van der Waals surface area (Å²) in [6.07, 6.45) is 1.00. The first-order chi connectivity index (χ1) is 10.1. The molecule has 0 spiro atoms. The number of halogens is 1. The number of rotatable bonds is 5. The predicted molar refractivity (Wildman–Crippen MR) is 82.2 cm³/mol. The maximum absolute atomic E-state index is 11.8. The number of imidazole rings is 1. The van der Waals surface area contributed by atoms with Crippen LogP contribution in [0.4, 0.5) is 0 Å². The van der Waals surface area contributed by atoms with E-state index in [1.807, 2.05) is 16.7 Å². The number of fused-ring (bicyclic) bond motifs is 1. The van der Waals surface area contributed by atoms with Crippen molar-refractivity contribution >= 4 is 28.5 Å². The first-order valence-corrected chi connectivity index (χ1v) is 7.26. The summed E-state index contributed by atoms with van der Waals surface area (Å²) in [5.74, 6) is 1.33. The second-order valence-corrected chi connectivity index (χ2v) is 5.32. The maximum Gasteiger partial charge on any atom is 0.223 e. The highest BCUT2D eigenvalue weighted by Crippen LogP contribution is 2.21. The standard InChI is InChI=1S/C15H17ClN4O/c1-19(2)14(21)7-9-20-12-5-3-4-11(10-17)15(12)18-13(20)6-8-16/h3-5H,6-9H2,1-2H3. The topological polar surface area (TPSA) is 61.9 Å². The molecule has 0 radical (unpaired) electrons. The van der Waals surface area contributed by atoms with Crippen molar-refractivity contribution in [3.05, 3.63) is 29.6 Å². The first-order valence-electron chi connectivity index (χ1n) is 6.72. The minimum absolute atomic E-state index is 0.0603. The Morgan fingerprint density at radius 2 is 2.24 bits per heavy atom. The van der Waals surface area contributed by atoms with E-state index in [1.54, 1.807) is 25.1 Å². The molecule has 110 valence electrons. The van der Waals surface area contributed by atoms with Gasteiger partial charge >= 0.3 is 0 Å². The summed E-state index contributed by atoms with van der Waals surface area (Å²) in [5.41, 5.74) is 2.10. The molecule has 0 aliphatic carbocycles. The van der Waals surface area contributed by atoms with Gasteiger partial charge in [-0.1, -0.05) is 6.07 Å². The molecule has 5 nitrogen and oxygen atoms in total. The summed E-state index contributed by atoms with van der Waals surface area (Å²) in [6.45, 7) is 0.536. The lowest BCUT2D eigenvalue weighted by molar-refractivity contribution is -0.128. The van der Waals surface area contributed by atoms with Gasteiger partial charge in [-0.05, 0) is 12.1 Å². The number of aryl methyl sites for hydroxylation is 2. The molecule has 0 saturated carbocycles. The van der Waals surface area contributed by atoms with Gasteiger partial charge in [-0.2, -0.15) is 5.26 Å². The molecular formula is C15H17ClN4O. The number of nitriles is 1. The lowest BCUT2D eigenvalue weighted by Crippen LogP contribution is -2.23. The van der Waals surface area contributed by atoms with Crippen molar-refractivity contribution < 1.29 is 4.79 Å². The third-order valence-corrected chi connectivity index (χ3v) is 3.53. The molecule has 2 aromatic rings. The molecular weight excluding hydrogens is 288 g/mol. The fourth-order valence-electron chi connectivity index (χ4n) is 2.24. The van der Waals surface area contributed by atoms with E-state index in [-0.39, 0.29) is 5.91 Å². The van der Waals surface area contributed by atoms with E-state index >= 15 is 0 Å². The minimum Gasteiger partial charge on any atom is -0.349 e. The molecule has 0 aliphatic heterocycles. The zero-order valence-corrected chi connectivity index (χ0v) is 12.9. The molecule has 0 N–H and O–H groups in total. The van der Waals surface area contributed by atoms with E-state index in [9.17, 15) is 10.1 Å². The Labute approximate surface area is 128 Å². The first kappa shape index (κ1) is 15.3. The maximum atomic E-state index is 11.8. The molecule has 21 heavy (non-hydrogen) atoms. The summed E-state index contributed by atoms with van der Waals surface area (Å²) in [6, 6.07) is 7.65. The number of benzene rings is 1. The van der Waals surface area contributed by atoms with Crippen molar-refractivity contribution in [2.45, 2.75) is 19.4 Å².